The van der Waals surface area contributed by atoms with Crippen LogP contribution in [-0.2, 0) is 14.9 Å². The number of unbranched alkanes of at least 4 members (excludes halogenated alkanes) is 4. The summed E-state index contributed by atoms with van der Waals surface area (Å²) in [5.41, 5.74) is 0. The zero-order valence-electron chi connectivity index (χ0n) is 14.7. The van der Waals surface area contributed by atoms with Crippen LogP contribution in [-0.4, -0.2) is 17.2 Å². The Kier molecular flexibility index (Phi) is 16.5. The summed E-state index contributed by atoms with van der Waals surface area (Å²) in [6.07, 6.45) is 22.9. The van der Waals surface area contributed by atoms with Crippen molar-refractivity contribution in [1.29, 1.82) is 0 Å². The summed E-state index contributed by atoms with van der Waals surface area (Å²) in [7, 11) is 0. The lowest BCUT2D eigenvalue weighted by atomic mass is 10.2. The number of carboxylic acids is 1. The third-order valence-electron chi connectivity index (χ3n) is 3.41. The van der Waals surface area contributed by atoms with Gasteiger partial charge < -0.3 is 5.11 Å². The average molecular weight is 335 g/mol. The molecule has 0 aromatic heterocycles. The van der Waals surface area contributed by atoms with E-state index in [4.69, 9.17) is 5.11 Å². The van der Waals surface area contributed by atoms with E-state index in [1.807, 2.05) is 36.5 Å². The van der Waals surface area contributed by atoms with Gasteiger partial charge in [0.1, 0.15) is 6.10 Å². The molecule has 4 heteroatoms. The Balaban J connectivity index is 3.79. The van der Waals surface area contributed by atoms with Crippen LogP contribution < -0.4 is 0 Å². The standard InChI is InChI=1S/C20H31O4/c1-2-3-4-5-7-10-13-16-19(24-23)17-14-11-8-6-9-12-15-18-20(21)22/h6-7,9-11,13-14,16,19H,2-5,8,12,15,17-18H2,1H3,(H,21,22)/b9-6-,10-7-,14-11-,16-13+. The molecule has 0 spiro atoms. The average Bonchev–Trinajstić information content (AvgIpc) is 2.57. The Morgan fingerprint density at radius 3 is 2.46 bits per heavy atom. The molecule has 0 saturated heterocycles. The molecule has 0 bridgehead atoms. The maximum atomic E-state index is 10.7. The van der Waals surface area contributed by atoms with Crippen molar-refractivity contribution in [2.24, 2.45) is 0 Å². The highest BCUT2D eigenvalue weighted by molar-refractivity contribution is 5.66. The van der Waals surface area contributed by atoms with Gasteiger partial charge in [-0.05, 0) is 43.8 Å². The van der Waals surface area contributed by atoms with Crippen LogP contribution in [0.3, 0.4) is 0 Å². The molecule has 4 nitrogen and oxygen atoms in total. The van der Waals surface area contributed by atoms with Crippen molar-refractivity contribution in [3.8, 4) is 0 Å². The minimum Gasteiger partial charge on any atom is -0.481 e. The fourth-order valence-electron chi connectivity index (χ4n) is 2.02. The van der Waals surface area contributed by atoms with Crippen molar-refractivity contribution in [1.82, 2.24) is 0 Å². The Hall–Kier alpha value is -1.65. The van der Waals surface area contributed by atoms with Crippen LogP contribution in [0.15, 0.2) is 48.6 Å². The molecule has 1 atom stereocenters. The molecule has 0 rings (SSSR count). The zero-order valence-corrected chi connectivity index (χ0v) is 14.7. The Labute approximate surface area is 146 Å². The molecule has 0 saturated carbocycles. The molecule has 0 amide bonds. The third kappa shape index (κ3) is 16.7. The first-order chi connectivity index (χ1) is 11.7. The smallest absolute Gasteiger partial charge is 0.303 e. The fraction of sp³-hybridized carbons (Fsp3) is 0.550. The summed E-state index contributed by atoms with van der Waals surface area (Å²) < 4.78 is 0. The van der Waals surface area contributed by atoms with Gasteiger partial charge in [-0.1, -0.05) is 68.4 Å². The maximum absolute atomic E-state index is 10.7. The van der Waals surface area contributed by atoms with E-state index in [0.29, 0.717) is 12.8 Å². The van der Waals surface area contributed by atoms with Crippen molar-refractivity contribution in [3.63, 3.8) is 0 Å². The van der Waals surface area contributed by atoms with E-state index in [1.165, 1.54) is 19.3 Å². The molecule has 1 radical (unpaired) electrons. The highest BCUT2D eigenvalue weighted by Crippen LogP contribution is 2.04. The lowest BCUT2D eigenvalue weighted by molar-refractivity contribution is -0.323. The molecule has 24 heavy (non-hydrogen) atoms. The lowest BCUT2D eigenvalue weighted by Crippen LogP contribution is -2.03. The molecule has 0 aliphatic heterocycles. The summed E-state index contributed by atoms with van der Waals surface area (Å²) in [5, 5.41) is 19.2. The van der Waals surface area contributed by atoms with Gasteiger partial charge in [-0.15, -0.1) is 0 Å². The number of rotatable bonds is 15. The van der Waals surface area contributed by atoms with Crippen LogP contribution in [0.5, 0.6) is 0 Å². The van der Waals surface area contributed by atoms with Crippen molar-refractivity contribution >= 4 is 5.97 Å². The van der Waals surface area contributed by atoms with E-state index < -0.39 is 12.1 Å². The van der Waals surface area contributed by atoms with E-state index in [2.05, 4.69) is 17.9 Å². The largest absolute Gasteiger partial charge is 0.481 e. The molecule has 0 aliphatic rings. The predicted octanol–water partition coefficient (Wildman–Crippen LogP) is 5.56. The molecular formula is C20H31O4. The molecule has 0 aliphatic carbocycles. The Morgan fingerprint density at radius 1 is 1.00 bits per heavy atom. The zero-order chi connectivity index (χ0) is 17.9. The summed E-state index contributed by atoms with van der Waals surface area (Å²) in [5.74, 6) is -0.754. The van der Waals surface area contributed by atoms with Gasteiger partial charge in [0.05, 0.1) is 0 Å². The SMILES string of the molecule is CCCCC/C=C\C=C\C(C/C=C\C/C=C\CCCC(=O)O)O[O]. The second-order valence-corrected chi connectivity index (χ2v) is 5.64. The molecule has 0 fully saturated rings. The number of carboxylic acid groups (broad SMARTS) is 1. The maximum Gasteiger partial charge on any atom is 0.303 e. The number of hydrogen-bond donors (Lipinski definition) is 1. The number of carbonyl (C=O) groups is 1. The Morgan fingerprint density at radius 2 is 1.75 bits per heavy atom. The van der Waals surface area contributed by atoms with Crippen molar-refractivity contribution < 1.29 is 20.0 Å². The Bertz CT molecular complexity index is 408. The highest BCUT2D eigenvalue weighted by Gasteiger charge is 2.00. The van der Waals surface area contributed by atoms with Gasteiger partial charge >= 0.3 is 5.97 Å². The highest BCUT2D eigenvalue weighted by atomic mass is 17.1. The van der Waals surface area contributed by atoms with Crippen LogP contribution in [0.4, 0.5) is 0 Å². The summed E-state index contributed by atoms with van der Waals surface area (Å²) >= 11 is 0. The van der Waals surface area contributed by atoms with E-state index in [0.717, 1.165) is 19.3 Å². The molecule has 1 unspecified atom stereocenters. The van der Waals surface area contributed by atoms with E-state index in [9.17, 15) is 10.1 Å². The third-order valence-corrected chi connectivity index (χ3v) is 3.41. The second kappa shape index (κ2) is 17.7. The van der Waals surface area contributed by atoms with Crippen LogP contribution in [0.2, 0.25) is 0 Å². The van der Waals surface area contributed by atoms with E-state index >= 15 is 0 Å². The van der Waals surface area contributed by atoms with E-state index in [1.54, 1.807) is 6.08 Å². The van der Waals surface area contributed by atoms with Crippen molar-refractivity contribution in [2.45, 2.75) is 70.8 Å². The van der Waals surface area contributed by atoms with Crippen LogP contribution in [0.1, 0.15) is 64.7 Å². The van der Waals surface area contributed by atoms with Crippen molar-refractivity contribution in [2.75, 3.05) is 0 Å². The van der Waals surface area contributed by atoms with Crippen LogP contribution in [0.25, 0.3) is 0 Å². The van der Waals surface area contributed by atoms with E-state index in [-0.39, 0.29) is 6.42 Å². The van der Waals surface area contributed by atoms with Gasteiger partial charge in [-0.25, -0.2) is 0 Å². The monoisotopic (exact) mass is 335 g/mol. The van der Waals surface area contributed by atoms with Gasteiger partial charge in [0.25, 0.3) is 0 Å². The summed E-state index contributed by atoms with van der Waals surface area (Å²) in [4.78, 5) is 14.5. The number of allylic oxidation sites excluding steroid dienone is 6. The lowest BCUT2D eigenvalue weighted by Gasteiger charge is -2.02. The summed E-state index contributed by atoms with van der Waals surface area (Å²) in [6, 6.07) is 0. The van der Waals surface area contributed by atoms with Crippen LogP contribution >= 0.6 is 0 Å². The fourth-order valence-corrected chi connectivity index (χ4v) is 2.02. The molecule has 0 aromatic carbocycles. The topological polar surface area (TPSA) is 66.4 Å². The molecular weight excluding hydrogens is 304 g/mol. The van der Waals surface area contributed by atoms with Crippen molar-refractivity contribution in [3.05, 3.63) is 48.6 Å². The first-order valence-electron chi connectivity index (χ1n) is 8.84. The quantitative estimate of drug-likeness (QED) is 0.140. The number of aliphatic carboxylic acids is 1. The minimum atomic E-state index is -0.754. The van der Waals surface area contributed by atoms with Gasteiger partial charge in [0.15, 0.2) is 0 Å². The second-order valence-electron chi connectivity index (χ2n) is 5.64. The summed E-state index contributed by atoms with van der Waals surface area (Å²) in [6.45, 7) is 2.18. The van der Waals surface area contributed by atoms with Crippen LogP contribution in [0, 0.1) is 0 Å². The normalized spacial score (nSPS) is 13.8. The molecule has 135 valence electrons. The minimum absolute atomic E-state index is 0.210. The van der Waals surface area contributed by atoms with Gasteiger partial charge in [0, 0.05) is 6.42 Å². The molecule has 1 N–H and O–H groups in total. The predicted molar refractivity (Wildman–Crippen MR) is 97.0 cm³/mol. The number of hydrogen-bond acceptors (Lipinski definition) is 2. The first kappa shape index (κ1) is 22.4. The first-order valence-corrected chi connectivity index (χ1v) is 8.84. The van der Waals surface area contributed by atoms with Gasteiger partial charge in [-0.3, -0.25) is 4.79 Å². The molecule has 0 aromatic rings. The van der Waals surface area contributed by atoms with Gasteiger partial charge in [0.2, 0.25) is 0 Å². The van der Waals surface area contributed by atoms with Gasteiger partial charge in [-0.2, -0.15) is 4.89 Å². The molecule has 0 heterocycles.